The fourth-order valence-corrected chi connectivity index (χ4v) is 4.24. The van der Waals surface area contributed by atoms with E-state index in [9.17, 15) is 4.79 Å². The van der Waals surface area contributed by atoms with E-state index in [1.165, 1.54) is 22.3 Å². The Morgan fingerprint density at radius 2 is 1.60 bits per heavy atom. The number of fused-ring (bicyclic) bond motifs is 1. The van der Waals surface area contributed by atoms with E-state index in [2.05, 4.69) is 92.6 Å². The number of carbonyl (C=O) groups excluding carboxylic acids is 1. The van der Waals surface area contributed by atoms with Crippen molar-refractivity contribution in [3.8, 4) is 5.75 Å². The van der Waals surface area contributed by atoms with Crippen LogP contribution < -0.4 is 4.74 Å². The summed E-state index contributed by atoms with van der Waals surface area (Å²) in [4.78, 5) is 12.9. The highest BCUT2D eigenvalue weighted by molar-refractivity contribution is 5.87. The first kappa shape index (κ1) is 22.6. The van der Waals surface area contributed by atoms with Crippen molar-refractivity contribution in [2.75, 3.05) is 0 Å². The minimum Gasteiger partial charge on any atom is -0.425 e. The molecule has 2 atom stereocenters. The van der Waals surface area contributed by atoms with E-state index >= 15 is 0 Å². The first-order valence-corrected chi connectivity index (χ1v) is 11.3. The van der Waals surface area contributed by atoms with Crippen LogP contribution in [-0.2, 0) is 15.6 Å². The van der Waals surface area contributed by atoms with Crippen molar-refractivity contribution in [1.82, 2.24) is 0 Å². The molecule has 0 saturated carbocycles. The van der Waals surface area contributed by atoms with Crippen molar-refractivity contribution < 1.29 is 9.53 Å². The summed E-state index contributed by atoms with van der Waals surface area (Å²) in [6.07, 6.45) is 1.78. The molecule has 0 saturated heterocycles. The Kier molecular flexibility index (Phi) is 5.93. The zero-order valence-corrected chi connectivity index (χ0v) is 20.3. The number of aryl methyl sites for hydroxylation is 2. The fourth-order valence-electron chi connectivity index (χ4n) is 4.24. The summed E-state index contributed by atoms with van der Waals surface area (Å²) in [6.45, 7) is 19.8. The summed E-state index contributed by atoms with van der Waals surface area (Å²) in [5, 5.41) is 0. The molecular formula is C28H38O2. The van der Waals surface area contributed by atoms with E-state index < -0.39 is 0 Å². The lowest BCUT2D eigenvalue weighted by Crippen LogP contribution is -2.17. The summed E-state index contributed by atoms with van der Waals surface area (Å²) < 4.78 is 5.88. The Labute approximate surface area is 183 Å². The van der Waals surface area contributed by atoms with E-state index in [0.29, 0.717) is 5.92 Å². The molecule has 2 heteroatoms. The van der Waals surface area contributed by atoms with Crippen LogP contribution in [0.2, 0.25) is 0 Å². The van der Waals surface area contributed by atoms with Gasteiger partial charge in [-0.3, -0.25) is 4.79 Å². The summed E-state index contributed by atoms with van der Waals surface area (Å²) in [7, 11) is 0. The molecule has 1 heterocycles. The Morgan fingerprint density at radius 1 is 0.933 bits per heavy atom. The molecule has 1 aliphatic rings. The van der Waals surface area contributed by atoms with E-state index in [1.807, 2.05) is 0 Å². The average Bonchev–Trinajstić information content (AvgIpc) is 2.94. The van der Waals surface area contributed by atoms with Crippen LogP contribution in [0.1, 0.15) is 107 Å². The highest BCUT2D eigenvalue weighted by Gasteiger charge is 2.38. The molecular weight excluding hydrogens is 368 g/mol. The van der Waals surface area contributed by atoms with Gasteiger partial charge in [0.25, 0.3) is 0 Å². The highest BCUT2D eigenvalue weighted by atomic mass is 16.5. The number of esters is 1. The zero-order chi connectivity index (χ0) is 22.4. The lowest BCUT2D eigenvalue weighted by Gasteiger charge is -2.27. The van der Waals surface area contributed by atoms with E-state index in [0.717, 1.165) is 29.7 Å². The van der Waals surface area contributed by atoms with Crippen LogP contribution in [0, 0.1) is 13.8 Å². The van der Waals surface area contributed by atoms with Gasteiger partial charge in [-0.2, -0.15) is 0 Å². The molecule has 0 radical (unpaired) electrons. The molecule has 2 aromatic carbocycles. The predicted molar refractivity (Wildman–Crippen MR) is 126 cm³/mol. The third-order valence-electron chi connectivity index (χ3n) is 6.64. The van der Waals surface area contributed by atoms with Crippen LogP contribution in [0.15, 0.2) is 30.3 Å². The van der Waals surface area contributed by atoms with E-state index in [1.54, 1.807) is 0 Å². The molecule has 0 N–H and O–H groups in total. The number of hydrogen-bond donors (Lipinski definition) is 0. The molecule has 0 aromatic heterocycles. The van der Waals surface area contributed by atoms with Crippen molar-refractivity contribution in [3.05, 3.63) is 63.7 Å². The van der Waals surface area contributed by atoms with Crippen LogP contribution in [0.5, 0.6) is 5.75 Å². The predicted octanol–water partition coefficient (Wildman–Crippen LogP) is 7.48. The lowest BCUT2D eigenvalue weighted by molar-refractivity contribution is -0.134. The first-order valence-electron chi connectivity index (χ1n) is 11.3. The van der Waals surface area contributed by atoms with E-state index in [-0.39, 0.29) is 22.7 Å². The van der Waals surface area contributed by atoms with Crippen molar-refractivity contribution in [2.45, 2.75) is 97.8 Å². The van der Waals surface area contributed by atoms with Gasteiger partial charge >= 0.3 is 5.97 Å². The van der Waals surface area contributed by atoms with Gasteiger partial charge < -0.3 is 4.74 Å². The Bertz CT molecular complexity index is 954. The van der Waals surface area contributed by atoms with Crippen molar-refractivity contribution in [2.24, 2.45) is 0 Å². The van der Waals surface area contributed by atoms with Crippen molar-refractivity contribution >= 4 is 5.97 Å². The van der Waals surface area contributed by atoms with Gasteiger partial charge in [0.15, 0.2) is 0 Å². The second kappa shape index (κ2) is 7.87. The average molecular weight is 407 g/mol. The summed E-state index contributed by atoms with van der Waals surface area (Å²) in [5.41, 5.74) is 7.46. The molecule has 1 aliphatic heterocycles. The van der Waals surface area contributed by atoms with Gasteiger partial charge in [0.2, 0.25) is 0 Å². The monoisotopic (exact) mass is 406 g/mol. The molecule has 30 heavy (non-hydrogen) atoms. The van der Waals surface area contributed by atoms with Gasteiger partial charge in [0, 0.05) is 11.1 Å². The zero-order valence-electron chi connectivity index (χ0n) is 20.3. The molecule has 162 valence electrons. The lowest BCUT2D eigenvalue weighted by atomic mass is 9.77. The summed E-state index contributed by atoms with van der Waals surface area (Å²) >= 11 is 0. The van der Waals surface area contributed by atoms with Gasteiger partial charge in [0.1, 0.15) is 5.75 Å². The minimum atomic E-state index is -0.169. The molecule has 0 spiro atoms. The van der Waals surface area contributed by atoms with Crippen molar-refractivity contribution in [1.29, 1.82) is 0 Å². The summed E-state index contributed by atoms with van der Waals surface area (Å²) in [5.74, 6) is 0.963. The standard InChI is InChI=1S/C28H38O2/c1-17-10-12-20(14-19(17)3)18(2)11-13-22-23-15-21(27(4,5)6)16-24(28(7,8)9)25(23)30-26(22)29/h10,12,14-16,18,22H,11,13H2,1-9H3. The number of ether oxygens (including phenoxy) is 1. The van der Waals surface area contributed by atoms with Crippen LogP contribution in [0.3, 0.4) is 0 Å². The summed E-state index contributed by atoms with van der Waals surface area (Å²) in [6, 6.07) is 11.2. The Morgan fingerprint density at radius 3 is 2.17 bits per heavy atom. The fraction of sp³-hybridized carbons (Fsp3) is 0.536. The minimum absolute atomic E-state index is 0.0257. The third-order valence-corrected chi connectivity index (χ3v) is 6.64. The van der Waals surface area contributed by atoms with Crippen LogP contribution >= 0.6 is 0 Å². The quantitative estimate of drug-likeness (QED) is 0.388. The Hall–Kier alpha value is -2.09. The maximum absolute atomic E-state index is 12.9. The van der Waals surface area contributed by atoms with Crippen LogP contribution in [-0.4, -0.2) is 5.97 Å². The topological polar surface area (TPSA) is 26.3 Å². The van der Waals surface area contributed by atoms with Gasteiger partial charge in [-0.15, -0.1) is 0 Å². The molecule has 0 fully saturated rings. The van der Waals surface area contributed by atoms with Crippen molar-refractivity contribution in [3.63, 3.8) is 0 Å². The highest BCUT2D eigenvalue weighted by Crippen LogP contribution is 2.47. The second-order valence-electron chi connectivity index (χ2n) is 11.2. The van der Waals surface area contributed by atoms with Gasteiger partial charge in [-0.1, -0.05) is 78.8 Å². The second-order valence-corrected chi connectivity index (χ2v) is 11.2. The Balaban J connectivity index is 1.91. The molecule has 0 aliphatic carbocycles. The molecule has 2 unspecified atom stereocenters. The first-order chi connectivity index (χ1) is 13.8. The van der Waals surface area contributed by atoms with Gasteiger partial charge in [-0.25, -0.2) is 0 Å². The van der Waals surface area contributed by atoms with E-state index in [4.69, 9.17) is 4.74 Å². The SMILES string of the molecule is Cc1ccc(C(C)CCC2C(=O)Oc3c2cc(C(C)(C)C)cc3C(C)(C)C)cc1C. The smallest absolute Gasteiger partial charge is 0.318 e. The third kappa shape index (κ3) is 4.48. The largest absolute Gasteiger partial charge is 0.425 e. The maximum atomic E-state index is 12.9. The molecule has 2 aromatic rings. The molecule has 0 amide bonds. The molecule has 2 nitrogen and oxygen atoms in total. The van der Waals surface area contributed by atoms with Gasteiger partial charge in [-0.05, 0) is 65.7 Å². The normalized spacial score (nSPS) is 17.6. The molecule has 3 rings (SSSR count). The van der Waals surface area contributed by atoms with Gasteiger partial charge in [0.05, 0.1) is 5.92 Å². The number of rotatable bonds is 4. The number of hydrogen-bond acceptors (Lipinski definition) is 2. The number of carbonyl (C=O) groups is 1. The van der Waals surface area contributed by atoms with Crippen LogP contribution in [0.4, 0.5) is 0 Å². The van der Waals surface area contributed by atoms with Crippen LogP contribution in [0.25, 0.3) is 0 Å². The maximum Gasteiger partial charge on any atom is 0.318 e. The molecule has 0 bridgehead atoms. The number of benzene rings is 2.